The van der Waals surface area contributed by atoms with Crippen molar-refractivity contribution in [2.24, 2.45) is 5.41 Å². The van der Waals surface area contributed by atoms with Gasteiger partial charge in [-0.1, -0.05) is 56.7 Å². The molecule has 28 heavy (non-hydrogen) atoms. The molecule has 0 radical (unpaired) electrons. The number of rotatable bonds is 9. The van der Waals surface area contributed by atoms with E-state index in [4.69, 9.17) is 9.47 Å². The van der Waals surface area contributed by atoms with Gasteiger partial charge in [0.25, 0.3) is 0 Å². The Morgan fingerprint density at radius 3 is 2.07 bits per heavy atom. The fraction of sp³-hybridized carbons (Fsp3) is 0.520. The van der Waals surface area contributed by atoms with Crippen LogP contribution in [0.4, 0.5) is 0 Å². The van der Waals surface area contributed by atoms with Crippen molar-refractivity contribution in [1.82, 2.24) is 5.32 Å². The maximum atomic E-state index is 6.04. The Kier molecular flexibility index (Phi) is 7.54. The van der Waals surface area contributed by atoms with Crippen LogP contribution >= 0.6 is 0 Å². The van der Waals surface area contributed by atoms with Gasteiger partial charge in [0, 0.05) is 12.1 Å². The van der Waals surface area contributed by atoms with Crippen molar-refractivity contribution in [2.45, 2.75) is 73.6 Å². The Hall–Kier alpha value is -2.00. The Morgan fingerprint density at radius 2 is 1.46 bits per heavy atom. The third-order valence-corrected chi connectivity index (χ3v) is 4.57. The fourth-order valence-electron chi connectivity index (χ4n) is 3.63. The van der Waals surface area contributed by atoms with Crippen LogP contribution in [0.15, 0.2) is 42.5 Å². The van der Waals surface area contributed by atoms with E-state index in [2.05, 4.69) is 83.3 Å². The molecule has 0 aliphatic carbocycles. The lowest BCUT2D eigenvalue weighted by Crippen LogP contribution is -2.41. The summed E-state index contributed by atoms with van der Waals surface area (Å²) in [5.41, 5.74) is 3.98. The molecule has 3 nitrogen and oxygen atoms in total. The topological polar surface area (TPSA) is 30.5 Å². The summed E-state index contributed by atoms with van der Waals surface area (Å²) in [6.07, 6.45) is 1.11. The van der Waals surface area contributed by atoms with Crippen molar-refractivity contribution < 1.29 is 9.47 Å². The lowest BCUT2D eigenvalue weighted by Gasteiger charge is -2.33. The predicted octanol–water partition coefficient (Wildman–Crippen LogP) is 6.28. The van der Waals surface area contributed by atoms with Gasteiger partial charge < -0.3 is 14.8 Å². The number of nitrogens with one attached hydrogen (secondary N) is 1. The number of hydrogen-bond donors (Lipinski definition) is 1. The van der Waals surface area contributed by atoms with E-state index >= 15 is 0 Å². The molecule has 0 fully saturated rings. The van der Waals surface area contributed by atoms with Crippen LogP contribution in [0.2, 0.25) is 0 Å². The van der Waals surface area contributed by atoms with Crippen molar-refractivity contribution in [3.8, 4) is 11.5 Å². The first kappa shape index (κ1) is 22.3. The Balaban J connectivity index is 2.03. The predicted molar refractivity (Wildman–Crippen MR) is 118 cm³/mol. The van der Waals surface area contributed by atoms with E-state index in [0.29, 0.717) is 18.6 Å². The quantitative estimate of drug-likeness (QED) is 0.553. The molecule has 0 atom stereocenters. The summed E-state index contributed by atoms with van der Waals surface area (Å²) in [7, 11) is 0. The minimum atomic E-state index is 0.0740. The van der Waals surface area contributed by atoms with E-state index in [1.54, 1.807) is 0 Å². The van der Waals surface area contributed by atoms with Crippen LogP contribution in [0.5, 0.6) is 11.5 Å². The third-order valence-electron chi connectivity index (χ3n) is 4.57. The van der Waals surface area contributed by atoms with Gasteiger partial charge in [0.15, 0.2) is 11.5 Å². The second-order valence-electron chi connectivity index (χ2n) is 9.46. The van der Waals surface area contributed by atoms with Gasteiger partial charge in [0.2, 0.25) is 0 Å². The van der Waals surface area contributed by atoms with Gasteiger partial charge in [0.1, 0.15) is 6.61 Å². The summed E-state index contributed by atoms with van der Waals surface area (Å²) in [5.74, 6) is 1.60. The maximum Gasteiger partial charge on any atom is 0.161 e. The zero-order chi connectivity index (χ0) is 20.8. The number of benzene rings is 2. The van der Waals surface area contributed by atoms with Gasteiger partial charge in [-0.15, -0.1) is 0 Å². The summed E-state index contributed by atoms with van der Waals surface area (Å²) >= 11 is 0. The first-order valence-electron chi connectivity index (χ1n) is 10.3. The average molecular weight is 384 g/mol. The first-order chi connectivity index (χ1) is 13.1. The highest BCUT2D eigenvalue weighted by atomic mass is 16.5. The van der Waals surface area contributed by atoms with Crippen LogP contribution < -0.4 is 14.8 Å². The molecule has 1 N–H and O–H groups in total. The summed E-state index contributed by atoms with van der Waals surface area (Å²) in [4.78, 5) is 0. The Labute approximate surface area is 171 Å². The summed E-state index contributed by atoms with van der Waals surface area (Å²) in [6, 6.07) is 14.7. The van der Waals surface area contributed by atoms with Crippen molar-refractivity contribution in [3.05, 3.63) is 59.2 Å². The smallest absolute Gasteiger partial charge is 0.161 e. The Morgan fingerprint density at radius 1 is 0.821 bits per heavy atom. The van der Waals surface area contributed by atoms with E-state index < -0.39 is 0 Å². The van der Waals surface area contributed by atoms with E-state index in [9.17, 15) is 0 Å². The van der Waals surface area contributed by atoms with Crippen LogP contribution in [0.25, 0.3) is 0 Å². The van der Waals surface area contributed by atoms with Crippen molar-refractivity contribution in [2.75, 3.05) is 6.61 Å². The highest BCUT2D eigenvalue weighted by molar-refractivity contribution is 5.43. The van der Waals surface area contributed by atoms with Gasteiger partial charge >= 0.3 is 0 Å². The fourth-order valence-corrected chi connectivity index (χ4v) is 3.63. The van der Waals surface area contributed by atoms with Crippen LogP contribution in [-0.2, 0) is 13.2 Å². The zero-order valence-corrected chi connectivity index (χ0v) is 18.7. The molecule has 0 aliphatic rings. The second-order valence-corrected chi connectivity index (χ2v) is 9.46. The van der Waals surface area contributed by atoms with E-state index in [1.807, 2.05) is 13.0 Å². The van der Waals surface area contributed by atoms with Gasteiger partial charge in [-0.05, 0) is 62.8 Å². The molecule has 2 aromatic carbocycles. The summed E-state index contributed by atoms with van der Waals surface area (Å²) in [5, 5.41) is 3.69. The highest BCUT2D eigenvalue weighted by Gasteiger charge is 2.24. The molecule has 0 bridgehead atoms. The molecule has 0 spiro atoms. The van der Waals surface area contributed by atoms with Crippen LogP contribution in [-0.4, -0.2) is 12.1 Å². The molecule has 0 heterocycles. The zero-order valence-electron chi connectivity index (χ0n) is 18.7. The van der Waals surface area contributed by atoms with Crippen LogP contribution in [0, 0.1) is 12.3 Å². The molecule has 2 aromatic rings. The highest BCUT2D eigenvalue weighted by Crippen LogP contribution is 2.30. The van der Waals surface area contributed by atoms with E-state index in [1.165, 1.54) is 11.1 Å². The van der Waals surface area contributed by atoms with Gasteiger partial charge in [-0.25, -0.2) is 0 Å². The molecule has 0 amide bonds. The molecule has 0 saturated heterocycles. The van der Waals surface area contributed by atoms with Crippen LogP contribution in [0.1, 0.15) is 64.7 Å². The molecular weight excluding hydrogens is 346 g/mol. The largest absolute Gasteiger partial charge is 0.490 e. The van der Waals surface area contributed by atoms with Crippen molar-refractivity contribution in [3.63, 3.8) is 0 Å². The van der Waals surface area contributed by atoms with Gasteiger partial charge in [-0.2, -0.15) is 0 Å². The Bertz CT molecular complexity index is 742. The van der Waals surface area contributed by atoms with Crippen LogP contribution in [0.3, 0.4) is 0 Å². The average Bonchev–Trinajstić information content (AvgIpc) is 2.59. The number of hydrogen-bond acceptors (Lipinski definition) is 3. The standard InChI is InChI=1S/C25H37NO2/c1-8-27-23-15-21(16-26-25(6,7)18-24(3,4)5)13-14-22(23)28-17-20-11-9-19(2)10-12-20/h9-15,26H,8,16-18H2,1-7H3. The molecule has 0 unspecified atom stereocenters. The molecular formula is C25H37NO2. The van der Waals surface area contributed by atoms with E-state index in [0.717, 1.165) is 30.0 Å². The van der Waals surface area contributed by atoms with E-state index in [-0.39, 0.29) is 5.54 Å². The lowest BCUT2D eigenvalue weighted by molar-refractivity contribution is 0.240. The van der Waals surface area contributed by atoms with Crippen molar-refractivity contribution in [1.29, 1.82) is 0 Å². The monoisotopic (exact) mass is 383 g/mol. The molecule has 0 aromatic heterocycles. The number of aryl methyl sites for hydroxylation is 1. The molecule has 0 saturated carbocycles. The van der Waals surface area contributed by atoms with Gasteiger partial charge in [0.05, 0.1) is 6.61 Å². The third kappa shape index (κ3) is 7.55. The summed E-state index contributed by atoms with van der Waals surface area (Å²) < 4.78 is 11.9. The lowest BCUT2D eigenvalue weighted by atomic mass is 9.82. The van der Waals surface area contributed by atoms with Crippen molar-refractivity contribution >= 4 is 0 Å². The molecule has 2 rings (SSSR count). The first-order valence-corrected chi connectivity index (χ1v) is 10.3. The maximum absolute atomic E-state index is 6.04. The summed E-state index contributed by atoms with van der Waals surface area (Å²) in [6.45, 7) is 17.4. The SMILES string of the molecule is CCOc1cc(CNC(C)(C)CC(C)(C)C)ccc1OCc1ccc(C)cc1. The molecule has 154 valence electrons. The second kappa shape index (κ2) is 9.47. The normalized spacial score (nSPS) is 12.1. The minimum absolute atomic E-state index is 0.0740. The molecule has 0 aliphatic heterocycles. The molecule has 3 heteroatoms. The van der Waals surface area contributed by atoms with Gasteiger partial charge in [-0.3, -0.25) is 0 Å². The number of ether oxygens (including phenoxy) is 2. The minimum Gasteiger partial charge on any atom is -0.490 e.